The summed E-state index contributed by atoms with van der Waals surface area (Å²) >= 11 is 6.04. The smallest absolute Gasteiger partial charge is 0.138 e. The third-order valence-corrected chi connectivity index (χ3v) is 2.94. The van der Waals surface area contributed by atoms with E-state index in [0.717, 1.165) is 5.52 Å². The molecule has 0 spiro atoms. The van der Waals surface area contributed by atoms with Gasteiger partial charge in [-0.15, -0.1) is 0 Å². The zero-order valence-electron chi connectivity index (χ0n) is 9.18. The van der Waals surface area contributed by atoms with Crippen LogP contribution in [-0.2, 0) is 0 Å². The Morgan fingerprint density at radius 3 is 2.44 bits per heavy atom. The molecule has 3 N–H and O–H groups in total. The highest BCUT2D eigenvalue weighted by molar-refractivity contribution is 6.34. The Kier molecular flexibility index (Phi) is 2.38. The third-order valence-electron chi connectivity index (χ3n) is 2.64. The van der Waals surface area contributed by atoms with E-state index in [1.54, 1.807) is 6.07 Å². The molecule has 90 valence electrons. The summed E-state index contributed by atoms with van der Waals surface area (Å²) in [6, 6.07) is 9.75. The molecule has 0 saturated heterocycles. The maximum atomic E-state index is 9.46. The maximum absolute atomic E-state index is 9.46. The molecule has 0 unspecified atom stereocenters. The lowest BCUT2D eigenvalue weighted by atomic mass is 10.2. The summed E-state index contributed by atoms with van der Waals surface area (Å²) in [5.41, 5.74) is 2.07. The summed E-state index contributed by atoms with van der Waals surface area (Å²) in [6.07, 6.45) is 0. The van der Waals surface area contributed by atoms with Crippen LogP contribution in [0.3, 0.4) is 0 Å². The van der Waals surface area contributed by atoms with Gasteiger partial charge in [0.2, 0.25) is 0 Å². The van der Waals surface area contributed by atoms with Crippen LogP contribution in [-0.4, -0.2) is 20.2 Å². The molecule has 1 aromatic heterocycles. The second-order valence-electron chi connectivity index (χ2n) is 3.96. The summed E-state index contributed by atoms with van der Waals surface area (Å²) in [5, 5.41) is 19.5. The van der Waals surface area contributed by atoms with Gasteiger partial charge in [-0.3, -0.25) is 0 Å². The van der Waals surface area contributed by atoms with Gasteiger partial charge in [0.1, 0.15) is 22.8 Å². The predicted molar refractivity (Wildman–Crippen MR) is 69.9 cm³/mol. The van der Waals surface area contributed by atoms with Crippen LogP contribution < -0.4 is 0 Å². The number of hydrogen-bond donors (Lipinski definition) is 3. The zero-order valence-corrected chi connectivity index (χ0v) is 9.94. The average molecular weight is 261 g/mol. The number of imidazole rings is 1. The van der Waals surface area contributed by atoms with E-state index in [9.17, 15) is 10.2 Å². The fourth-order valence-corrected chi connectivity index (χ4v) is 2.08. The van der Waals surface area contributed by atoms with Crippen LogP contribution in [0.4, 0.5) is 0 Å². The summed E-state index contributed by atoms with van der Waals surface area (Å²) in [5.74, 6) is 0.511. The molecule has 18 heavy (non-hydrogen) atoms. The van der Waals surface area contributed by atoms with Crippen LogP contribution in [0.15, 0.2) is 36.4 Å². The van der Waals surface area contributed by atoms with Gasteiger partial charge in [-0.25, -0.2) is 4.98 Å². The number of hydrogen-bond acceptors (Lipinski definition) is 3. The van der Waals surface area contributed by atoms with E-state index in [2.05, 4.69) is 9.97 Å². The number of para-hydroxylation sites is 1. The van der Waals surface area contributed by atoms with Gasteiger partial charge < -0.3 is 15.2 Å². The number of phenols is 2. The van der Waals surface area contributed by atoms with Crippen LogP contribution in [0, 0.1) is 0 Å². The monoisotopic (exact) mass is 260 g/mol. The number of aromatic nitrogens is 2. The Morgan fingerprint density at radius 2 is 1.78 bits per heavy atom. The first kappa shape index (κ1) is 10.9. The SMILES string of the molecule is Oc1cc(O)cc(-c2nc3c(Cl)cccc3[nH]2)c1. The van der Waals surface area contributed by atoms with Gasteiger partial charge in [0.25, 0.3) is 0 Å². The Hall–Kier alpha value is -2.20. The van der Waals surface area contributed by atoms with Crippen molar-refractivity contribution in [2.24, 2.45) is 0 Å². The lowest BCUT2D eigenvalue weighted by molar-refractivity contribution is 0.451. The van der Waals surface area contributed by atoms with Gasteiger partial charge in [-0.1, -0.05) is 17.7 Å². The topological polar surface area (TPSA) is 69.1 Å². The highest BCUT2D eigenvalue weighted by Crippen LogP contribution is 2.29. The van der Waals surface area contributed by atoms with E-state index in [4.69, 9.17) is 11.6 Å². The Labute approximate surface area is 107 Å². The van der Waals surface area contributed by atoms with Crippen molar-refractivity contribution in [3.05, 3.63) is 41.4 Å². The van der Waals surface area contributed by atoms with Crippen LogP contribution in [0.5, 0.6) is 11.5 Å². The molecule has 0 saturated carbocycles. The molecule has 3 aromatic rings. The van der Waals surface area contributed by atoms with E-state index >= 15 is 0 Å². The number of H-pyrrole nitrogens is 1. The second-order valence-corrected chi connectivity index (χ2v) is 4.37. The summed E-state index contributed by atoms with van der Waals surface area (Å²) in [7, 11) is 0. The Morgan fingerprint density at radius 1 is 1.06 bits per heavy atom. The van der Waals surface area contributed by atoms with Crippen molar-refractivity contribution in [2.75, 3.05) is 0 Å². The number of nitrogens with zero attached hydrogens (tertiary/aromatic N) is 1. The normalized spacial score (nSPS) is 10.9. The molecule has 0 aliphatic carbocycles. The molecule has 0 amide bonds. The molecular formula is C13H9ClN2O2. The average Bonchev–Trinajstić information content (AvgIpc) is 2.73. The number of aromatic amines is 1. The highest BCUT2D eigenvalue weighted by Gasteiger charge is 2.09. The molecule has 0 radical (unpaired) electrons. The van der Waals surface area contributed by atoms with E-state index in [-0.39, 0.29) is 11.5 Å². The summed E-state index contributed by atoms with van der Waals surface area (Å²) < 4.78 is 0. The maximum Gasteiger partial charge on any atom is 0.138 e. The molecule has 5 heteroatoms. The number of nitrogens with one attached hydrogen (secondary N) is 1. The quantitative estimate of drug-likeness (QED) is 0.629. The minimum atomic E-state index is -0.0171. The molecule has 4 nitrogen and oxygen atoms in total. The number of halogens is 1. The minimum Gasteiger partial charge on any atom is -0.508 e. The van der Waals surface area contributed by atoms with Crippen LogP contribution >= 0.6 is 11.6 Å². The van der Waals surface area contributed by atoms with Crippen molar-refractivity contribution in [2.45, 2.75) is 0 Å². The number of rotatable bonds is 1. The van der Waals surface area contributed by atoms with Crippen LogP contribution in [0.25, 0.3) is 22.4 Å². The highest BCUT2D eigenvalue weighted by atomic mass is 35.5. The van der Waals surface area contributed by atoms with Crippen molar-refractivity contribution in [1.82, 2.24) is 9.97 Å². The van der Waals surface area contributed by atoms with Crippen molar-refractivity contribution in [1.29, 1.82) is 0 Å². The van der Waals surface area contributed by atoms with Gasteiger partial charge in [-0.2, -0.15) is 0 Å². The number of phenolic OH excluding ortho intramolecular Hbond substituents is 2. The first-order chi connectivity index (χ1) is 8.63. The van der Waals surface area contributed by atoms with Gasteiger partial charge in [-0.05, 0) is 24.3 Å². The molecule has 0 aliphatic rings. The standard InChI is InChI=1S/C13H9ClN2O2/c14-10-2-1-3-11-12(10)16-13(15-11)7-4-8(17)6-9(18)5-7/h1-6,17-18H,(H,15,16). The number of aromatic hydroxyl groups is 2. The fraction of sp³-hybridized carbons (Fsp3) is 0. The second kappa shape index (κ2) is 3.92. The molecule has 0 bridgehead atoms. The van der Waals surface area contributed by atoms with Crippen molar-refractivity contribution < 1.29 is 10.2 Å². The molecule has 1 heterocycles. The first-order valence-electron chi connectivity index (χ1n) is 5.31. The van der Waals surface area contributed by atoms with Crippen molar-refractivity contribution in [3.63, 3.8) is 0 Å². The van der Waals surface area contributed by atoms with Gasteiger partial charge in [0, 0.05) is 11.6 Å². The van der Waals surface area contributed by atoms with E-state index in [1.165, 1.54) is 18.2 Å². The first-order valence-corrected chi connectivity index (χ1v) is 5.69. The Balaban J connectivity index is 2.22. The van der Waals surface area contributed by atoms with Crippen molar-refractivity contribution in [3.8, 4) is 22.9 Å². The molecule has 0 atom stereocenters. The van der Waals surface area contributed by atoms with Crippen molar-refractivity contribution >= 4 is 22.6 Å². The van der Waals surface area contributed by atoms with E-state index < -0.39 is 0 Å². The molecule has 3 rings (SSSR count). The van der Waals surface area contributed by atoms with Crippen LogP contribution in [0.2, 0.25) is 5.02 Å². The molecule has 0 fully saturated rings. The largest absolute Gasteiger partial charge is 0.508 e. The van der Waals surface area contributed by atoms with E-state index in [1.807, 2.05) is 12.1 Å². The number of fused-ring (bicyclic) bond motifs is 1. The van der Waals surface area contributed by atoms with Crippen LogP contribution in [0.1, 0.15) is 0 Å². The molecule has 2 aromatic carbocycles. The lowest BCUT2D eigenvalue weighted by Gasteiger charge is -1.99. The predicted octanol–water partition coefficient (Wildman–Crippen LogP) is 3.29. The van der Waals surface area contributed by atoms with Gasteiger partial charge in [0.05, 0.1) is 10.5 Å². The Bertz CT molecular complexity index is 717. The third kappa shape index (κ3) is 1.76. The summed E-state index contributed by atoms with van der Waals surface area (Å²) in [6.45, 7) is 0. The fourth-order valence-electron chi connectivity index (χ4n) is 1.87. The van der Waals surface area contributed by atoms with E-state index in [0.29, 0.717) is 21.9 Å². The molecule has 0 aliphatic heterocycles. The zero-order chi connectivity index (χ0) is 12.7. The minimum absolute atomic E-state index is 0.0171. The van der Waals surface area contributed by atoms with Gasteiger partial charge in [0.15, 0.2) is 0 Å². The molecular weight excluding hydrogens is 252 g/mol. The number of benzene rings is 2. The lowest BCUT2D eigenvalue weighted by Crippen LogP contribution is -1.80. The van der Waals surface area contributed by atoms with Gasteiger partial charge >= 0.3 is 0 Å². The summed E-state index contributed by atoms with van der Waals surface area (Å²) in [4.78, 5) is 7.44.